The zero-order valence-electron chi connectivity index (χ0n) is 13.9. The van der Waals surface area contributed by atoms with Gasteiger partial charge in [-0.1, -0.05) is 23.2 Å². The minimum Gasteiger partial charge on any atom is -0.337 e. The van der Waals surface area contributed by atoms with E-state index in [4.69, 9.17) is 23.2 Å². The average Bonchev–Trinajstić information content (AvgIpc) is 2.96. The quantitative estimate of drug-likeness (QED) is 0.827. The fourth-order valence-corrected chi connectivity index (χ4v) is 3.47. The van der Waals surface area contributed by atoms with E-state index >= 15 is 0 Å². The van der Waals surface area contributed by atoms with Crippen LogP contribution in [0.2, 0.25) is 10.3 Å². The van der Waals surface area contributed by atoms with Gasteiger partial charge in [0.15, 0.2) is 10.3 Å². The fourth-order valence-electron chi connectivity index (χ4n) is 2.94. The van der Waals surface area contributed by atoms with Crippen LogP contribution < -0.4 is 0 Å². The van der Waals surface area contributed by atoms with Gasteiger partial charge in [-0.3, -0.25) is 19.8 Å². The summed E-state index contributed by atoms with van der Waals surface area (Å²) in [4.78, 5) is 28.8. The number of nitrogens with one attached hydrogen (secondary N) is 2. The van der Waals surface area contributed by atoms with Crippen molar-refractivity contribution in [1.29, 1.82) is 0 Å². The third kappa shape index (κ3) is 3.36. The summed E-state index contributed by atoms with van der Waals surface area (Å²) in [5, 5.41) is 13.5. The summed E-state index contributed by atoms with van der Waals surface area (Å²) < 4.78 is 0. The van der Waals surface area contributed by atoms with E-state index in [1.165, 1.54) is 0 Å². The highest BCUT2D eigenvalue weighted by Crippen LogP contribution is 2.21. The highest BCUT2D eigenvalue weighted by Gasteiger charge is 2.28. The molecule has 10 heteroatoms. The van der Waals surface area contributed by atoms with Gasteiger partial charge in [0.2, 0.25) is 0 Å². The van der Waals surface area contributed by atoms with Crippen LogP contribution >= 0.6 is 23.2 Å². The molecule has 1 saturated heterocycles. The number of hydrogen-bond acceptors (Lipinski definition) is 4. The van der Waals surface area contributed by atoms with Crippen LogP contribution in [0, 0.1) is 13.8 Å². The van der Waals surface area contributed by atoms with Crippen LogP contribution in [0.15, 0.2) is 0 Å². The molecule has 3 heterocycles. The van der Waals surface area contributed by atoms with Crippen LogP contribution in [-0.2, 0) is 0 Å². The average molecular weight is 385 g/mol. The number of amides is 2. The van der Waals surface area contributed by atoms with Crippen LogP contribution in [-0.4, -0.2) is 68.2 Å². The van der Waals surface area contributed by atoms with Crippen molar-refractivity contribution in [3.63, 3.8) is 0 Å². The number of aromatic amines is 2. The van der Waals surface area contributed by atoms with E-state index in [0.29, 0.717) is 55.1 Å². The predicted octanol–water partition coefficient (Wildman–Crippen LogP) is 2.04. The molecule has 1 fully saturated rings. The summed E-state index contributed by atoms with van der Waals surface area (Å²) in [6, 6.07) is 0. The van der Waals surface area contributed by atoms with E-state index in [9.17, 15) is 9.59 Å². The topological polar surface area (TPSA) is 98.0 Å². The highest BCUT2D eigenvalue weighted by molar-refractivity contribution is 6.33. The van der Waals surface area contributed by atoms with E-state index in [2.05, 4.69) is 20.4 Å². The Morgan fingerprint density at radius 2 is 1.24 bits per heavy atom. The molecular weight excluding hydrogens is 367 g/mol. The first-order valence-electron chi connectivity index (χ1n) is 7.89. The number of aromatic nitrogens is 4. The van der Waals surface area contributed by atoms with Gasteiger partial charge in [-0.2, -0.15) is 10.2 Å². The van der Waals surface area contributed by atoms with Crippen LogP contribution in [0.1, 0.15) is 38.5 Å². The molecule has 2 aromatic heterocycles. The van der Waals surface area contributed by atoms with Gasteiger partial charge in [-0.25, -0.2) is 0 Å². The molecule has 25 heavy (non-hydrogen) atoms. The van der Waals surface area contributed by atoms with Gasteiger partial charge in [0, 0.05) is 37.6 Å². The molecule has 2 aromatic rings. The van der Waals surface area contributed by atoms with Gasteiger partial charge in [0.05, 0.1) is 11.1 Å². The second kappa shape index (κ2) is 7.05. The summed E-state index contributed by atoms with van der Waals surface area (Å²) in [5.74, 6) is -0.355. The summed E-state index contributed by atoms with van der Waals surface area (Å²) in [7, 11) is 0. The minimum absolute atomic E-state index is 0.167. The molecule has 2 N–H and O–H groups in total. The second-order valence-corrected chi connectivity index (χ2v) is 6.68. The molecule has 2 amide bonds. The zero-order valence-corrected chi connectivity index (χ0v) is 15.4. The minimum atomic E-state index is -0.178. The second-order valence-electron chi connectivity index (χ2n) is 5.97. The molecule has 134 valence electrons. The Balaban J connectivity index is 1.73. The van der Waals surface area contributed by atoms with Crippen molar-refractivity contribution >= 4 is 35.0 Å². The maximum Gasteiger partial charge on any atom is 0.258 e. The fraction of sp³-hybridized carbons (Fsp3) is 0.467. The molecular formula is C15H18Cl2N6O2. The summed E-state index contributed by atoms with van der Waals surface area (Å²) in [5.41, 5.74) is 2.03. The van der Waals surface area contributed by atoms with Crippen molar-refractivity contribution in [2.75, 3.05) is 26.2 Å². The van der Waals surface area contributed by atoms with Gasteiger partial charge in [0.25, 0.3) is 11.8 Å². The molecule has 1 aliphatic rings. The van der Waals surface area contributed by atoms with Crippen molar-refractivity contribution in [2.24, 2.45) is 0 Å². The first kappa shape index (κ1) is 17.8. The monoisotopic (exact) mass is 384 g/mol. The largest absolute Gasteiger partial charge is 0.337 e. The molecule has 0 aliphatic carbocycles. The third-order valence-electron chi connectivity index (χ3n) is 4.30. The number of aryl methyl sites for hydroxylation is 2. The first-order valence-corrected chi connectivity index (χ1v) is 8.65. The lowest BCUT2D eigenvalue weighted by Crippen LogP contribution is -2.37. The van der Waals surface area contributed by atoms with Crippen LogP contribution in [0.4, 0.5) is 0 Å². The van der Waals surface area contributed by atoms with Gasteiger partial charge in [0.1, 0.15) is 0 Å². The molecule has 0 saturated carbocycles. The molecule has 0 aromatic carbocycles. The number of H-pyrrole nitrogens is 2. The van der Waals surface area contributed by atoms with E-state index in [1.807, 2.05) is 0 Å². The Morgan fingerprint density at radius 3 is 1.56 bits per heavy atom. The lowest BCUT2D eigenvalue weighted by Gasteiger charge is -2.22. The van der Waals surface area contributed by atoms with Crippen molar-refractivity contribution in [3.8, 4) is 0 Å². The first-order chi connectivity index (χ1) is 11.9. The number of halogens is 2. The van der Waals surface area contributed by atoms with Crippen LogP contribution in [0.5, 0.6) is 0 Å². The Kier molecular flexibility index (Phi) is 5.01. The molecule has 3 rings (SSSR count). The predicted molar refractivity (Wildman–Crippen MR) is 93.1 cm³/mol. The summed E-state index contributed by atoms with van der Waals surface area (Å²) in [6.07, 6.45) is 0.667. The SMILES string of the molecule is Cc1[nH]nc(Cl)c1C(=O)N1CCCN(C(=O)c2c(Cl)n[nH]c2C)CC1. The normalized spacial score (nSPS) is 15.4. The van der Waals surface area contributed by atoms with E-state index in [0.717, 1.165) is 0 Å². The third-order valence-corrected chi connectivity index (χ3v) is 4.85. The number of carbonyl (C=O) groups is 2. The van der Waals surface area contributed by atoms with Crippen LogP contribution in [0.3, 0.4) is 0 Å². The van der Waals surface area contributed by atoms with Crippen LogP contribution in [0.25, 0.3) is 0 Å². The molecule has 0 bridgehead atoms. The Hall–Kier alpha value is -2.06. The zero-order chi connectivity index (χ0) is 18.1. The van der Waals surface area contributed by atoms with Crippen molar-refractivity contribution in [2.45, 2.75) is 20.3 Å². The van der Waals surface area contributed by atoms with E-state index in [-0.39, 0.29) is 22.1 Å². The highest BCUT2D eigenvalue weighted by atomic mass is 35.5. The van der Waals surface area contributed by atoms with Crippen molar-refractivity contribution < 1.29 is 9.59 Å². The lowest BCUT2D eigenvalue weighted by molar-refractivity contribution is 0.0718. The maximum atomic E-state index is 12.7. The molecule has 0 atom stereocenters. The Bertz CT molecular complexity index is 710. The lowest BCUT2D eigenvalue weighted by atomic mass is 10.2. The van der Waals surface area contributed by atoms with Crippen molar-refractivity contribution in [3.05, 3.63) is 32.8 Å². The smallest absolute Gasteiger partial charge is 0.258 e. The van der Waals surface area contributed by atoms with Crippen molar-refractivity contribution in [1.82, 2.24) is 30.2 Å². The maximum absolute atomic E-state index is 12.7. The van der Waals surface area contributed by atoms with E-state index in [1.54, 1.807) is 23.6 Å². The molecule has 0 spiro atoms. The summed E-state index contributed by atoms with van der Waals surface area (Å²) in [6.45, 7) is 5.43. The standard InChI is InChI=1S/C15H18Cl2N6O2/c1-8-10(12(16)20-18-8)14(24)22-4-3-5-23(7-6-22)15(25)11-9(2)19-21-13(11)17/h3-7H2,1-2H3,(H,18,20)(H,19,21). The molecule has 0 unspecified atom stereocenters. The van der Waals surface area contributed by atoms with Gasteiger partial charge >= 0.3 is 0 Å². The van der Waals surface area contributed by atoms with E-state index < -0.39 is 0 Å². The number of nitrogens with zero attached hydrogens (tertiary/aromatic N) is 4. The number of carbonyl (C=O) groups excluding carboxylic acids is 2. The van der Waals surface area contributed by atoms with Gasteiger partial charge < -0.3 is 9.80 Å². The molecule has 8 nitrogen and oxygen atoms in total. The van der Waals surface area contributed by atoms with Gasteiger partial charge in [-0.15, -0.1) is 0 Å². The Morgan fingerprint density at radius 1 is 0.840 bits per heavy atom. The van der Waals surface area contributed by atoms with Gasteiger partial charge in [-0.05, 0) is 20.3 Å². The Labute approximate surface area is 154 Å². The number of hydrogen-bond donors (Lipinski definition) is 2. The number of rotatable bonds is 2. The molecule has 0 radical (unpaired) electrons. The molecule has 1 aliphatic heterocycles. The summed E-state index contributed by atoms with van der Waals surface area (Å²) >= 11 is 12.0.